The molecule has 0 aromatic rings. The van der Waals surface area contributed by atoms with E-state index in [0.717, 1.165) is 0 Å². The molecule has 0 aromatic heterocycles. The van der Waals surface area contributed by atoms with Crippen molar-refractivity contribution in [3.63, 3.8) is 0 Å². The maximum atomic E-state index is 10.6. The van der Waals surface area contributed by atoms with Gasteiger partial charge in [-0.3, -0.25) is 0 Å². The highest BCUT2D eigenvalue weighted by Crippen LogP contribution is 2.65. The van der Waals surface area contributed by atoms with Gasteiger partial charge >= 0.3 is 23.5 Å². The van der Waals surface area contributed by atoms with Crippen molar-refractivity contribution in [2.75, 3.05) is 0 Å². The van der Waals surface area contributed by atoms with E-state index in [1.807, 2.05) is 0 Å². The fourth-order valence-electron chi connectivity index (χ4n) is 0.313. The van der Waals surface area contributed by atoms with E-state index in [0.29, 0.717) is 0 Å². The lowest BCUT2D eigenvalue weighted by atomic mass is 15.7. The Morgan fingerprint density at radius 1 is 0.857 bits per heavy atom. The second-order valence-electron chi connectivity index (χ2n) is 1.77. The van der Waals surface area contributed by atoms with E-state index in [1.165, 1.54) is 0 Å². The third-order valence-corrected chi connectivity index (χ3v) is 5.82. The Morgan fingerprint density at radius 2 is 1.29 bits per heavy atom. The summed E-state index contributed by atoms with van der Waals surface area (Å²) in [5.74, 6) is 0. The molecule has 0 amide bonds. The molecule has 0 bridgehead atoms. The van der Waals surface area contributed by atoms with Gasteiger partial charge in [-0.05, 0) is 0 Å². The van der Waals surface area contributed by atoms with Gasteiger partial charge in [0.05, 0.1) is 0 Å². The summed E-state index contributed by atoms with van der Waals surface area (Å²) in [6.07, 6.45) is 0. The highest BCUT2D eigenvalue weighted by atomic mass is 31.3. The number of rotatable bonds is 5. The Morgan fingerprint density at radius 3 is 1.57 bits per heavy atom. The maximum absolute atomic E-state index is 10.6. The van der Waals surface area contributed by atoms with Gasteiger partial charge in [0.2, 0.25) is 0 Å². The molecule has 0 saturated heterocycles. The van der Waals surface area contributed by atoms with Crippen LogP contribution in [0.4, 0.5) is 0 Å². The molecule has 14 heteroatoms. The van der Waals surface area contributed by atoms with E-state index < -0.39 is 23.5 Å². The number of hydrogen-bond acceptors (Lipinski definition) is 6. The summed E-state index contributed by atoms with van der Waals surface area (Å²) in [6, 6.07) is 0. The van der Waals surface area contributed by atoms with E-state index in [-0.39, 0.29) is 10.5 Å². The predicted molar refractivity (Wildman–Crippen MR) is 44.9 cm³/mol. The van der Waals surface area contributed by atoms with Crippen molar-refractivity contribution in [3.8, 4) is 0 Å². The summed E-state index contributed by atoms with van der Waals surface area (Å²) in [7, 11) is -15.7. The molecule has 4 N–H and O–H groups in total. The molecule has 0 heterocycles. The van der Waals surface area contributed by atoms with Crippen LogP contribution in [-0.4, -0.2) is 30.1 Å². The normalized spacial score (nSPS) is 21.4. The van der Waals surface area contributed by atoms with Gasteiger partial charge in [0.25, 0.3) is 0 Å². The van der Waals surface area contributed by atoms with Gasteiger partial charge in [-0.15, -0.1) is 0 Å². The van der Waals surface area contributed by atoms with Gasteiger partial charge < -0.3 is 23.8 Å². The van der Waals surface area contributed by atoms with Crippen LogP contribution in [0.1, 0.15) is 0 Å². The largest absolute Gasteiger partial charge is 0.490 e. The van der Waals surface area contributed by atoms with Crippen molar-refractivity contribution in [3.05, 3.63) is 0 Å². The highest BCUT2D eigenvalue weighted by molar-refractivity contribution is 7.66. The fourth-order valence-corrected chi connectivity index (χ4v) is 3.69. The first-order valence-corrected chi connectivity index (χ1v) is 8.01. The second kappa shape index (κ2) is 4.65. The predicted octanol–water partition coefficient (Wildman–Crippen LogP) is -1.39. The quantitative estimate of drug-likeness (QED) is 0.350. The van der Waals surface area contributed by atoms with Crippen molar-refractivity contribution >= 4 is 34.0 Å². The average molecular weight is 288 g/mol. The standard InChI is InChI=1S/H7O10P3Si/c1-11(2,3)8-12(4,5)9-13(6,7)10-14/h14H3,(H,4,5)(H,6,7)(H2,1,2,3). The first kappa shape index (κ1) is 14.6. The molecular formula is H7O10P3Si. The second-order valence-corrected chi connectivity index (χ2v) is 7.40. The van der Waals surface area contributed by atoms with E-state index in [4.69, 9.17) is 19.6 Å². The molecular weight excluding hydrogens is 281 g/mol. The van der Waals surface area contributed by atoms with E-state index in [9.17, 15) is 13.7 Å². The van der Waals surface area contributed by atoms with Crippen LogP contribution in [0.2, 0.25) is 0 Å². The van der Waals surface area contributed by atoms with E-state index in [2.05, 4.69) is 12.8 Å². The van der Waals surface area contributed by atoms with Gasteiger partial charge in [0.1, 0.15) is 0 Å². The monoisotopic (exact) mass is 288 g/mol. The van der Waals surface area contributed by atoms with E-state index in [1.54, 1.807) is 0 Å². The molecule has 2 atom stereocenters. The van der Waals surface area contributed by atoms with Crippen LogP contribution in [0.25, 0.3) is 0 Å². The molecule has 0 rings (SSSR count). The molecule has 0 aliphatic rings. The third-order valence-electron chi connectivity index (χ3n) is 0.647. The van der Waals surface area contributed by atoms with Gasteiger partial charge in [-0.1, -0.05) is 0 Å². The Hall–Kier alpha value is 0.627. The Kier molecular flexibility index (Phi) is 4.85. The summed E-state index contributed by atoms with van der Waals surface area (Å²) in [5, 5.41) is 0. The summed E-state index contributed by atoms with van der Waals surface area (Å²) in [6.45, 7) is 0. The first-order valence-electron chi connectivity index (χ1n) is 2.67. The smallest absolute Gasteiger partial charge is 0.341 e. The number of hydrogen-bond donors (Lipinski definition) is 4. The maximum Gasteiger partial charge on any atom is 0.490 e. The summed E-state index contributed by atoms with van der Waals surface area (Å²) in [4.78, 5) is 33.3. The minimum Gasteiger partial charge on any atom is -0.341 e. The Labute approximate surface area is 80.8 Å². The van der Waals surface area contributed by atoms with Crippen LogP contribution < -0.4 is 0 Å². The summed E-state index contributed by atoms with van der Waals surface area (Å²) < 4.78 is 41.8. The molecule has 14 heavy (non-hydrogen) atoms. The average Bonchev–Trinajstić information content (AvgIpc) is 1.78. The number of phosphoric acid groups is 3. The van der Waals surface area contributed by atoms with E-state index >= 15 is 0 Å². The minimum atomic E-state index is -5.33. The molecule has 0 fully saturated rings. The zero-order valence-electron chi connectivity index (χ0n) is 6.58. The third kappa shape index (κ3) is 6.99. The molecule has 10 nitrogen and oxygen atoms in total. The summed E-state index contributed by atoms with van der Waals surface area (Å²) >= 11 is 0. The van der Waals surface area contributed by atoms with Crippen LogP contribution in [0, 0.1) is 0 Å². The van der Waals surface area contributed by atoms with Crippen molar-refractivity contribution in [1.29, 1.82) is 0 Å². The Bertz CT molecular complexity index is 324. The van der Waals surface area contributed by atoms with Crippen LogP contribution in [0.5, 0.6) is 0 Å². The lowest BCUT2D eigenvalue weighted by molar-refractivity contribution is 0.208. The van der Waals surface area contributed by atoms with Crippen molar-refractivity contribution in [2.24, 2.45) is 0 Å². The van der Waals surface area contributed by atoms with Crippen LogP contribution >= 0.6 is 23.5 Å². The zero-order valence-corrected chi connectivity index (χ0v) is 11.3. The SMILES string of the molecule is O=P(O)(O)OP(=O)(O)OP(=O)(O)O[SiH3]. The first-order chi connectivity index (χ1) is 5.97. The van der Waals surface area contributed by atoms with Crippen molar-refractivity contribution in [2.45, 2.75) is 0 Å². The molecule has 0 spiro atoms. The summed E-state index contributed by atoms with van der Waals surface area (Å²) in [5.41, 5.74) is 0. The lowest BCUT2D eigenvalue weighted by Gasteiger charge is -2.14. The van der Waals surface area contributed by atoms with Crippen LogP contribution in [0.3, 0.4) is 0 Å². The van der Waals surface area contributed by atoms with Crippen molar-refractivity contribution in [1.82, 2.24) is 0 Å². The Balaban J connectivity index is 4.60. The zero-order chi connectivity index (χ0) is 11.6. The lowest BCUT2D eigenvalue weighted by Crippen LogP contribution is -1.94. The molecule has 0 saturated carbocycles. The van der Waals surface area contributed by atoms with Gasteiger partial charge in [0, 0.05) is 0 Å². The van der Waals surface area contributed by atoms with Gasteiger partial charge in [-0.2, -0.15) is 8.62 Å². The van der Waals surface area contributed by atoms with Crippen LogP contribution in [-0.2, 0) is 26.5 Å². The molecule has 2 unspecified atom stereocenters. The molecule has 86 valence electrons. The highest BCUT2D eigenvalue weighted by Gasteiger charge is 2.39. The minimum absolute atomic E-state index is 0.287. The molecule has 0 aromatic carbocycles. The van der Waals surface area contributed by atoms with Crippen LogP contribution in [0.15, 0.2) is 0 Å². The van der Waals surface area contributed by atoms with Gasteiger partial charge in [-0.25, -0.2) is 13.7 Å². The van der Waals surface area contributed by atoms with Crippen molar-refractivity contribution < 1.29 is 46.1 Å². The molecule has 0 aliphatic heterocycles. The molecule has 0 aliphatic carbocycles. The van der Waals surface area contributed by atoms with Gasteiger partial charge in [0.15, 0.2) is 10.5 Å². The topological polar surface area (TPSA) is 160 Å². The molecule has 0 radical (unpaired) electrons. The fraction of sp³-hybridized carbons (Fsp3) is 0.